The van der Waals surface area contributed by atoms with Crippen molar-refractivity contribution in [3.8, 4) is 0 Å². The summed E-state index contributed by atoms with van der Waals surface area (Å²) in [5, 5.41) is 0.432. The fraction of sp³-hybridized carbons (Fsp3) is 0.810. The van der Waals surface area contributed by atoms with Gasteiger partial charge in [-0.1, -0.05) is 244 Å². The molecule has 6 aliphatic carbocycles. The highest BCUT2D eigenvalue weighted by Gasteiger charge is 2.81. The van der Waals surface area contributed by atoms with E-state index in [9.17, 15) is 0 Å². The summed E-state index contributed by atoms with van der Waals surface area (Å²) in [4.78, 5) is 0. The Bertz CT molecular complexity index is 1710. The molecule has 0 amide bonds. The van der Waals surface area contributed by atoms with E-state index in [2.05, 4.69) is 134 Å². The van der Waals surface area contributed by atoms with Crippen LogP contribution in [0.1, 0.15) is 215 Å². The lowest BCUT2D eigenvalue weighted by Gasteiger charge is -2.60. The summed E-state index contributed by atoms with van der Waals surface area (Å²) in [6.45, 7) is 21.9. The minimum absolute atomic E-state index is 0.0268. The van der Waals surface area contributed by atoms with Crippen LogP contribution in [-0.4, -0.2) is 60.6 Å². The van der Waals surface area contributed by atoms with Crippen LogP contribution < -0.4 is 0 Å². The molecular weight excluding hydrogens is 943 g/mol. The maximum Gasteiger partial charge on any atom is 0.211 e. The van der Waals surface area contributed by atoms with Gasteiger partial charge in [0, 0.05) is 24.2 Å². The smallest absolute Gasteiger partial charge is 0.0807 e. The normalized spacial score (nSPS) is 40.7. The first kappa shape index (κ1) is 57.7. The van der Waals surface area contributed by atoms with Crippen molar-refractivity contribution in [3.05, 3.63) is 72.9 Å². The van der Waals surface area contributed by atoms with Crippen LogP contribution in [0.25, 0.3) is 0 Å². The van der Waals surface area contributed by atoms with Crippen molar-refractivity contribution in [2.24, 2.45) is 47.3 Å². The predicted molar refractivity (Wildman–Crippen MR) is 329 cm³/mol. The fourth-order valence-electron chi connectivity index (χ4n) is 17.1. The Balaban J connectivity index is 1.47. The van der Waals surface area contributed by atoms with Crippen molar-refractivity contribution in [1.29, 1.82) is 0 Å². The zero-order valence-corrected chi connectivity index (χ0v) is 52.0. The Morgan fingerprint density at radius 1 is 0.478 bits per heavy atom. The molecule has 390 valence electrons. The van der Waals surface area contributed by atoms with Crippen LogP contribution in [0.15, 0.2) is 72.9 Å². The van der Waals surface area contributed by atoms with E-state index in [1.54, 1.807) is 18.7 Å². The molecule has 69 heavy (non-hydrogen) atoms. The summed E-state index contributed by atoms with van der Waals surface area (Å²) in [6, 6.07) is 0. The zero-order chi connectivity index (χ0) is 48.9. The average Bonchev–Trinajstić information content (AvgIpc) is 4.04. The molecule has 0 nitrogen and oxygen atoms in total. The molecule has 0 bridgehead atoms. The molecule has 0 radical (unpaired) electrons. The summed E-state index contributed by atoms with van der Waals surface area (Å²) < 4.78 is 0. The monoisotopic (exact) mass is 1050 g/mol. The molecule has 3 saturated carbocycles. The van der Waals surface area contributed by atoms with Gasteiger partial charge < -0.3 is 0 Å². The second-order valence-electron chi connectivity index (χ2n) is 24.2. The Morgan fingerprint density at radius 3 is 1.49 bits per heavy atom. The van der Waals surface area contributed by atoms with Gasteiger partial charge in [0.25, 0.3) is 0 Å². The maximum absolute atomic E-state index is 3.35. The predicted octanol–water partition coefficient (Wildman–Crippen LogP) is 23.3. The third-order valence-electron chi connectivity index (χ3n) is 19.9. The van der Waals surface area contributed by atoms with Crippen LogP contribution in [0, 0.1) is 47.3 Å². The van der Waals surface area contributed by atoms with Gasteiger partial charge in [0.2, 0.25) is 7.30 Å². The molecule has 0 N–H and O–H groups in total. The Morgan fingerprint density at radius 2 is 0.957 bits per heavy atom. The Labute approximate surface area is 436 Å². The van der Waals surface area contributed by atoms with Crippen LogP contribution in [0.5, 0.6) is 0 Å². The van der Waals surface area contributed by atoms with Crippen LogP contribution in [0.4, 0.5) is 0 Å². The molecule has 18 atom stereocenters. The lowest BCUT2D eigenvalue weighted by molar-refractivity contribution is 0.439. The number of unbranched alkanes of at least 4 members (excludes halogenated alkanes) is 16. The van der Waals surface area contributed by atoms with Crippen LogP contribution in [0.3, 0.4) is 0 Å². The van der Waals surface area contributed by atoms with Gasteiger partial charge in [0.15, 0.2) is 0 Å². The Kier molecular flexibility index (Phi) is 23.8. The zero-order valence-electron chi connectivity index (χ0n) is 46.7. The molecular formula is C63H110P6+2. The molecule has 18 unspecified atom stereocenters. The molecule has 7 rings (SSSR count). The van der Waals surface area contributed by atoms with E-state index in [0.717, 1.165) is 64.3 Å². The lowest BCUT2D eigenvalue weighted by atomic mass is 9.90. The summed E-state index contributed by atoms with van der Waals surface area (Å²) in [5.74, 6) is 6.76. The highest BCUT2D eigenvalue weighted by Crippen LogP contribution is 3.22. The first-order valence-corrected chi connectivity index (χ1v) is 45.1. The highest BCUT2D eigenvalue weighted by atomic mass is 32.8. The highest BCUT2D eigenvalue weighted by molar-refractivity contribution is 8.97. The number of rotatable bonds is 29. The summed E-state index contributed by atoms with van der Waals surface area (Å²) in [7, 11) is -0.319. The fourth-order valence-corrected chi connectivity index (χ4v) is 106. The van der Waals surface area contributed by atoms with Crippen LogP contribution in [0.2, 0.25) is 0 Å². The first-order chi connectivity index (χ1) is 33.7. The van der Waals surface area contributed by atoms with E-state index in [0.29, 0.717) is 5.16 Å². The molecule has 0 aromatic heterocycles. The van der Waals surface area contributed by atoms with Gasteiger partial charge >= 0.3 is 0 Å². The average molecular weight is 1050 g/mol. The number of fused-ring (bicyclic) bond motifs is 2. The first-order valence-electron chi connectivity index (χ1n) is 30.6. The van der Waals surface area contributed by atoms with Crippen molar-refractivity contribution in [3.63, 3.8) is 0 Å². The van der Waals surface area contributed by atoms with Crippen LogP contribution in [-0.2, 0) is 0 Å². The standard InChI is InChI=1S/C63H110P6/c1-10-16-20-23-25-28-31-42-56-51-57-43-36-37-46-63(57)62(56)68(8,60-54(40-30-27-24-21-17-11-2)49-52-38-32-34-44-58(52)60)67(48-19-13-4)69(9,66(47-14-5)64(7)65(63)15-6)61-55(41-29-26-22-18-12-3)50-53-39-33-35-45-59(53)61/h32-39,43-46,52-62H,10-31,40-42,47-51H2,1-9H3/q+2. The largest absolute Gasteiger partial charge is 0.211 e. The number of hydrogen-bond acceptors (Lipinski definition) is 0. The second-order valence-corrected chi connectivity index (χ2v) is 57.8. The van der Waals surface area contributed by atoms with Gasteiger partial charge in [0.05, 0.1) is 56.4 Å². The van der Waals surface area contributed by atoms with E-state index in [1.165, 1.54) is 173 Å². The molecule has 1 saturated heterocycles. The lowest BCUT2D eigenvalue weighted by Crippen LogP contribution is -2.47. The third-order valence-corrected chi connectivity index (χ3v) is 78.3. The minimum atomic E-state index is -1.64. The molecule has 0 aromatic rings. The van der Waals surface area contributed by atoms with Gasteiger partial charge in [-0.05, 0) is 107 Å². The van der Waals surface area contributed by atoms with E-state index < -0.39 is 13.6 Å². The molecule has 0 aromatic carbocycles. The number of allylic oxidation sites excluding steroid dienone is 12. The van der Waals surface area contributed by atoms with Gasteiger partial charge in [0.1, 0.15) is 0 Å². The van der Waals surface area contributed by atoms with Crippen molar-refractivity contribution >= 4 is 43.1 Å². The summed E-state index contributed by atoms with van der Waals surface area (Å²) in [5.41, 5.74) is 2.88. The van der Waals surface area contributed by atoms with Gasteiger partial charge in [-0.3, -0.25) is 0 Å². The van der Waals surface area contributed by atoms with E-state index in [-0.39, 0.29) is 29.5 Å². The van der Waals surface area contributed by atoms with E-state index in [1.807, 2.05) is 0 Å². The second kappa shape index (κ2) is 28.4. The van der Waals surface area contributed by atoms with Crippen molar-refractivity contribution in [2.75, 3.05) is 38.5 Å². The van der Waals surface area contributed by atoms with Gasteiger partial charge in [-0.2, -0.15) is 0 Å². The van der Waals surface area contributed by atoms with Gasteiger partial charge in [-0.25, -0.2) is 0 Å². The molecule has 6 heteroatoms. The quantitative estimate of drug-likeness (QED) is 0.0517. The molecule has 1 heterocycles. The van der Waals surface area contributed by atoms with Gasteiger partial charge in [-0.15, -0.1) is 0 Å². The van der Waals surface area contributed by atoms with E-state index in [4.69, 9.17) is 0 Å². The number of hydrogen-bond donors (Lipinski definition) is 0. The molecule has 4 fully saturated rings. The topological polar surface area (TPSA) is 0 Å². The maximum atomic E-state index is 3.35. The Hall–Kier alpha value is 1.02. The van der Waals surface area contributed by atoms with E-state index >= 15 is 0 Å². The molecule has 1 aliphatic heterocycles. The minimum Gasteiger partial charge on any atom is -0.0807 e. The SMILES string of the molecule is CCCCCCCCCC1CC2C=CC=CC23C1[P+](C)(C1C(CCCCCCCC)CC2C=CC=CC21)P(CCCC)[P+](C)(C1C(CCCCCCC)CC2C=CC=CC21)P(CCC)P(C)P3CC. The van der Waals surface area contributed by atoms with Crippen LogP contribution >= 0.6 is 43.1 Å². The van der Waals surface area contributed by atoms with Crippen molar-refractivity contribution in [1.82, 2.24) is 0 Å². The summed E-state index contributed by atoms with van der Waals surface area (Å²) in [6.07, 6.45) is 77.2. The van der Waals surface area contributed by atoms with Crippen molar-refractivity contribution < 1.29 is 0 Å². The third kappa shape index (κ3) is 12.4. The molecule has 1 spiro atoms. The van der Waals surface area contributed by atoms with Crippen molar-refractivity contribution in [2.45, 2.75) is 237 Å². The molecule has 7 aliphatic rings. The summed E-state index contributed by atoms with van der Waals surface area (Å²) >= 11 is 0.